The zero-order valence-corrected chi connectivity index (χ0v) is 14.9. The molecule has 0 saturated carbocycles. The predicted molar refractivity (Wildman–Crippen MR) is 90.1 cm³/mol. The van der Waals surface area contributed by atoms with Crippen LogP contribution in [0.1, 0.15) is 66.2 Å². The number of allylic oxidation sites excluding steroid dienone is 1. The predicted octanol–water partition coefficient (Wildman–Crippen LogP) is 3.01. The molecule has 1 fully saturated rings. The van der Waals surface area contributed by atoms with Gasteiger partial charge in [-0.1, -0.05) is 26.0 Å². The first-order valence-electron chi connectivity index (χ1n) is 8.92. The fourth-order valence-electron chi connectivity index (χ4n) is 3.61. The molecule has 0 aromatic heterocycles. The maximum Gasteiger partial charge on any atom is 0.132 e. The van der Waals surface area contributed by atoms with Crippen LogP contribution in [0.4, 0.5) is 0 Å². The number of fused-ring (bicyclic) bond motifs is 1. The van der Waals surface area contributed by atoms with Crippen molar-refractivity contribution in [2.45, 2.75) is 89.6 Å². The van der Waals surface area contributed by atoms with Gasteiger partial charge in [-0.2, -0.15) is 0 Å². The lowest BCUT2D eigenvalue weighted by Crippen LogP contribution is -2.33. The summed E-state index contributed by atoms with van der Waals surface area (Å²) >= 11 is 0. The van der Waals surface area contributed by atoms with Crippen molar-refractivity contribution in [1.29, 1.82) is 0 Å². The standard InChI is InChI=1S/C19H32O4/c1-13(2)14-7-8-15(20)6-5-10-19(4)17(23-19)16(21)12-18(3,22)11-9-14/h9,11,13-14,16-17,21-22H,5-8,10,12H2,1-4H3/b11-9+/t14-,16-,17-,18-,19-/m1/s1. The van der Waals surface area contributed by atoms with E-state index in [1.54, 1.807) is 13.0 Å². The largest absolute Gasteiger partial charge is 0.390 e. The van der Waals surface area contributed by atoms with Crippen LogP contribution in [0.2, 0.25) is 0 Å². The highest BCUT2D eigenvalue weighted by atomic mass is 16.6. The first kappa shape index (κ1) is 18.6. The molecule has 2 aliphatic rings. The van der Waals surface area contributed by atoms with Crippen LogP contribution in [0.5, 0.6) is 0 Å². The zero-order valence-electron chi connectivity index (χ0n) is 14.9. The fourth-order valence-corrected chi connectivity index (χ4v) is 3.61. The summed E-state index contributed by atoms with van der Waals surface area (Å²) in [5.74, 6) is 0.991. The molecule has 0 bridgehead atoms. The highest BCUT2D eigenvalue weighted by Gasteiger charge is 2.56. The molecule has 1 heterocycles. The maximum absolute atomic E-state index is 12.1. The summed E-state index contributed by atoms with van der Waals surface area (Å²) in [5.41, 5.74) is -1.41. The van der Waals surface area contributed by atoms with Crippen LogP contribution in [-0.2, 0) is 9.53 Å². The van der Waals surface area contributed by atoms with Crippen LogP contribution < -0.4 is 0 Å². The first-order chi connectivity index (χ1) is 10.6. The van der Waals surface area contributed by atoms with Crippen LogP contribution in [0.3, 0.4) is 0 Å². The number of carbonyl (C=O) groups is 1. The van der Waals surface area contributed by atoms with Crippen LogP contribution in [0, 0.1) is 11.8 Å². The number of epoxide rings is 1. The van der Waals surface area contributed by atoms with Gasteiger partial charge in [0.05, 0.1) is 17.3 Å². The molecule has 1 aliphatic heterocycles. The minimum atomic E-state index is -1.06. The van der Waals surface area contributed by atoms with Gasteiger partial charge in [-0.3, -0.25) is 4.79 Å². The van der Waals surface area contributed by atoms with E-state index in [-0.39, 0.29) is 24.0 Å². The second-order valence-electron chi connectivity index (χ2n) is 8.18. The molecule has 4 heteroatoms. The molecule has 2 rings (SSSR count). The molecule has 0 spiro atoms. The van der Waals surface area contributed by atoms with Gasteiger partial charge in [0.1, 0.15) is 11.9 Å². The number of Topliss-reactive ketones (excluding diaryl/α,β-unsaturated/α-hetero) is 1. The zero-order chi connectivity index (χ0) is 17.3. The van der Waals surface area contributed by atoms with E-state index in [1.165, 1.54) is 0 Å². The molecule has 132 valence electrons. The van der Waals surface area contributed by atoms with Crippen molar-refractivity contribution >= 4 is 5.78 Å². The van der Waals surface area contributed by atoms with Gasteiger partial charge in [-0.05, 0) is 44.9 Å². The smallest absolute Gasteiger partial charge is 0.132 e. The van der Waals surface area contributed by atoms with E-state index in [2.05, 4.69) is 13.8 Å². The molecule has 0 aromatic rings. The molecule has 0 unspecified atom stereocenters. The normalized spacial score (nSPS) is 44.5. The number of hydrogen-bond donors (Lipinski definition) is 2. The quantitative estimate of drug-likeness (QED) is 0.574. The van der Waals surface area contributed by atoms with Gasteiger partial charge in [0.15, 0.2) is 0 Å². The second-order valence-corrected chi connectivity index (χ2v) is 8.18. The maximum atomic E-state index is 12.1. The lowest BCUT2D eigenvalue weighted by molar-refractivity contribution is -0.119. The number of ketones is 1. The molecular weight excluding hydrogens is 292 g/mol. The van der Waals surface area contributed by atoms with E-state index in [4.69, 9.17) is 4.74 Å². The van der Waals surface area contributed by atoms with E-state index in [9.17, 15) is 15.0 Å². The number of hydrogen-bond acceptors (Lipinski definition) is 4. The van der Waals surface area contributed by atoms with Gasteiger partial charge in [-0.25, -0.2) is 0 Å². The molecule has 23 heavy (non-hydrogen) atoms. The van der Waals surface area contributed by atoms with Gasteiger partial charge in [0, 0.05) is 19.3 Å². The molecule has 5 atom stereocenters. The van der Waals surface area contributed by atoms with E-state index in [0.717, 1.165) is 19.3 Å². The number of ether oxygens (including phenoxy) is 1. The van der Waals surface area contributed by atoms with Crippen molar-refractivity contribution in [2.24, 2.45) is 11.8 Å². The van der Waals surface area contributed by atoms with Crippen molar-refractivity contribution < 1.29 is 19.7 Å². The topological polar surface area (TPSA) is 70.1 Å². The Kier molecular flexibility index (Phi) is 5.70. The molecular formula is C19H32O4. The Labute approximate surface area is 139 Å². The van der Waals surface area contributed by atoms with Crippen molar-refractivity contribution in [3.63, 3.8) is 0 Å². The number of rotatable bonds is 1. The molecule has 1 saturated heterocycles. The lowest BCUT2D eigenvalue weighted by atomic mass is 9.85. The SMILES string of the molecule is CC(C)[C@H]1/C=C/[C@@](C)(O)C[C@@H](O)[C@H]2O[C@]2(C)CCCC(=O)CC1. The first-order valence-corrected chi connectivity index (χ1v) is 8.92. The van der Waals surface area contributed by atoms with Gasteiger partial charge >= 0.3 is 0 Å². The summed E-state index contributed by atoms with van der Waals surface area (Å²) in [7, 11) is 0. The summed E-state index contributed by atoms with van der Waals surface area (Å²) in [6.45, 7) is 7.97. The molecule has 1 aliphatic carbocycles. The van der Waals surface area contributed by atoms with Gasteiger partial charge in [-0.15, -0.1) is 0 Å². The van der Waals surface area contributed by atoms with E-state index < -0.39 is 11.7 Å². The van der Waals surface area contributed by atoms with Crippen molar-refractivity contribution in [3.05, 3.63) is 12.2 Å². The summed E-state index contributed by atoms with van der Waals surface area (Å²) < 4.78 is 5.68. The minimum absolute atomic E-state index is 0.235. The Morgan fingerprint density at radius 1 is 1.30 bits per heavy atom. The van der Waals surface area contributed by atoms with E-state index in [0.29, 0.717) is 24.5 Å². The van der Waals surface area contributed by atoms with Crippen molar-refractivity contribution in [2.75, 3.05) is 0 Å². The minimum Gasteiger partial charge on any atom is -0.390 e. The Bertz CT molecular complexity index is 454. The summed E-state index contributed by atoms with van der Waals surface area (Å²) in [5, 5.41) is 20.9. The number of aliphatic hydroxyl groups excluding tert-OH is 1. The molecule has 2 N–H and O–H groups in total. The van der Waals surface area contributed by atoms with Crippen molar-refractivity contribution in [3.8, 4) is 0 Å². The average Bonchev–Trinajstić information content (AvgIpc) is 3.09. The van der Waals surface area contributed by atoms with Crippen LogP contribution in [-0.4, -0.2) is 39.4 Å². The summed E-state index contributed by atoms with van der Waals surface area (Å²) in [6, 6.07) is 0. The second kappa shape index (κ2) is 7.04. The highest BCUT2D eigenvalue weighted by Crippen LogP contribution is 2.44. The molecule has 4 nitrogen and oxygen atoms in total. The van der Waals surface area contributed by atoms with Crippen molar-refractivity contribution in [1.82, 2.24) is 0 Å². The molecule has 0 radical (unpaired) electrons. The monoisotopic (exact) mass is 324 g/mol. The average molecular weight is 324 g/mol. The Morgan fingerprint density at radius 2 is 2.00 bits per heavy atom. The fraction of sp³-hybridized carbons (Fsp3) is 0.842. The lowest BCUT2D eigenvalue weighted by Gasteiger charge is -2.25. The third-order valence-electron chi connectivity index (χ3n) is 5.36. The summed E-state index contributed by atoms with van der Waals surface area (Å²) in [4.78, 5) is 12.1. The Balaban J connectivity index is 2.13. The van der Waals surface area contributed by atoms with Crippen LogP contribution >= 0.6 is 0 Å². The summed E-state index contributed by atoms with van der Waals surface area (Å²) in [6.07, 6.45) is 6.75. The highest BCUT2D eigenvalue weighted by molar-refractivity contribution is 5.78. The van der Waals surface area contributed by atoms with E-state index >= 15 is 0 Å². The van der Waals surface area contributed by atoms with Crippen LogP contribution in [0.25, 0.3) is 0 Å². The third kappa shape index (κ3) is 5.13. The Morgan fingerprint density at radius 3 is 2.65 bits per heavy atom. The Hall–Kier alpha value is -0.710. The van der Waals surface area contributed by atoms with Gasteiger partial charge in [0.2, 0.25) is 0 Å². The third-order valence-corrected chi connectivity index (χ3v) is 5.36. The van der Waals surface area contributed by atoms with Gasteiger partial charge in [0.25, 0.3) is 0 Å². The molecule has 0 aromatic carbocycles. The molecule has 0 amide bonds. The van der Waals surface area contributed by atoms with Crippen LogP contribution in [0.15, 0.2) is 12.2 Å². The van der Waals surface area contributed by atoms with Gasteiger partial charge < -0.3 is 14.9 Å². The number of aliphatic hydroxyl groups is 2. The van der Waals surface area contributed by atoms with E-state index in [1.807, 2.05) is 13.0 Å². The number of carbonyl (C=O) groups excluding carboxylic acids is 1.